The van der Waals surface area contributed by atoms with E-state index in [1.165, 1.54) is 25.7 Å². The molecule has 0 bridgehead atoms. The molecule has 0 atom stereocenters. The quantitative estimate of drug-likeness (QED) is 0.127. The molecular formula is C40H51NO5. The number of rotatable bonds is 10. The molecule has 0 unspecified atom stereocenters. The van der Waals surface area contributed by atoms with Crippen molar-refractivity contribution in [3.05, 3.63) is 89.5 Å². The van der Waals surface area contributed by atoms with Crippen molar-refractivity contribution < 1.29 is 23.8 Å². The molecule has 0 saturated carbocycles. The van der Waals surface area contributed by atoms with Crippen LogP contribution in [0, 0.1) is 10.8 Å². The summed E-state index contributed by atoms with van der Waals surface area (Å²) >= 11 is 0. The van der Waals surface area contributed by atoms with Crippen LogP contribution in [0.3, 0.4) is 0 Å². The molecular weight excluding hydrogens is 574 g/mol. The molecule has 0 aliphatic carbocycles. The summed E-state index contributed by atoms with van der Waals surface area (Å²) in [6.07, 6.45) is 5.95. The summed E-state index contributed by atoms with van der Waals surface area (Å²) in [6, 6.07) is 23.7. The molecule has 4 rings (SSSR count). The maximum Gasteiger partial charge on any atom is 0.316 e. The lowest BCUT2D eigenvalue weighted by atomic mass is 9.88. The molecule has 1 aliphatic heterocycles. The molecule has 0 N–H and O–H groups in total. The van der Waals surface area contributed by atoms with Crippen molar-refractivity contribution in [2.75, 3.05) is 26.2 Å². The normalized spacial score (nSPS) is 14.2. The lowest BCUT2D eigenvalue weighted by molar-refractivity contribution is -0.143. The number of likely N-dealkylation sites (tertiary alicyclic amines) is 1. The summed E-state index contributed by atoms with van der Waals surface area (Å²) in [4.78, 5) is 27.5. The van der Waals surface area contributed by atoms with Crippen molar-refractivity contribution in [2.24, 2.45) is 10.8 Å². The summed E-state index contributed by atoms with van der Waals surface area (Å²) in [5.41, 5.74) is 4.05. The molecule has 0 amide bonds. The Morgan fingerprint density at radius 2 is 1.15 bits per heavy atom. The zero-order chi connectivity index (χ0) is 33.3. The summed E-state index contributed by atoms with van der Waals surface area (Å²) < 4.78 is 17.6. The van der Waals surface area contributed by atoms with Gasteiger partial charge in [-0.2, -0.15) is 0 Å². The van der Waals surface area contributed by atoms with E-state index in [0.717, 1.165) is 59.6 Å². The second kappa shape index (κ2) is 15.6. The van der Waals surface area contributed by atoms with Gasteiger partial charge in [0.05, 0.1) is 10.8 Å². The Morgan fingerprint density at radius 3 is 1.61 bits per heavy atom. The highest BCUT2D eigenvalue weighted by molar-refractivity contribution is 5.99. The summed E-state index contributed by atoms with van der Waals surface area (Å²) in [7, 11) is 0. The van der Waals surface area contributed by atoms with Crippen LogP contribution in [0.15, 0.2) is 72.8 Å². The Labute approximate surface area is 275 Å². The van der Waals surface area contributed by atoms with Gasteiger partial charge >= 0.3 is 11.9 Å². The number of hydrogen-bond donors (Lipinski definition) is 0. The SMILES string of the molecule is CCC(=C(c1ccc(OC(=O)C(C)(C)C)cc1)c1ccc(OC(=O)C(C)(C)C)cc1)c1cccc(OCCN2CCCCCC2)c1. The number of nitrogens with zero attached hydrogens (tertiary/aromatic N) is 1. The Hall–Kier alpha value is -3.90. The lowest BCUT2D eigenvalue weighted by Gasteiger charge is -2.20. The van der Waals surface area contributed by atoms with Gasteiger partial charge < -0.3 is 14.2 Å². The van der Waals surface area contributed by atoms with Gasteiger partial charge in [0.25, 0.3) is 0 Å². The molecule has 0 radical (unpaired) electrons. The standard InChI is InChI=1S/C40H51NO5/c1-8-35(31-14-13-15-34(28-31)44-27-26-41-24-11-9-10-12-25-41)36(29-16-20-32(21-17-29)45-37(42)39(2,3)4)30-18-22-33(23-19-30)46-38(43)40(5,6)7/h13-23,28H,8-12,24-27H2,1-7H3. The fourth-order valence-corrected chi connectivity index (χ4v) is 5.37. The zero-order valence-electron chi connectivity index (χ0n) is 28.8. The highest BCUT2D eigenvalue weighted by Gasteiger charge is 2.25. The topological polar surface area (TPSA) is 65.1 Å². The fraction of sp³-hybridized carbons (Fsp3) is 0.450. The lowest BCUT2D eigenvalue weighted by Crippen LogP contribution is -2.29. The van der Waals surface area contributed by atoms with Gasteiger partial charge in [-0.1, -0.05) is 56.2 Å². The first-order valence-corrected chi connectivity index (χ1v) is 16.7. The third-order valence-electron chi connectivity index (χ3n) is 8.14. The Bertz CT molecular complexity index is 1410. The molecule has 3 aromatic rings. The van der Waals surface area contributed by atoms with E-state index in [4.69, 9.17) is 14.2 Å². The van der Waals surface area contributed by atoms with Crippen LogP contribution in [0.4, 0.5) is 0 Å². The summed E-state index contributed by atoms with van der Waals surface area (Å²) in [5.74, 6) is 1.30. The van der Waals surface area contributed by atoms with Gasteiger partial charge in [0.1, 0.15) is 23.9 Å². The van der Waals surface area contributed by atoms with E-state index in [-0.39, 0.29) is 11.9 Å². The Balaban J connectivity index is 1.67. The fourth-order valence-electron chi connectivity index (χ4n) is 5.37. The van der Waals surface area contributed by atoms with Gasteiger partial charge in [-0.3, -0.25) is 14.5 Å². The highest BCUT2D eigenvalue weighted by Crippen LogP contribution is 2.37. The Morgan fingerprint density at radius 1 is 0.652 bits per heavy atom. The first kappa shape index (κ1) is 35.0. The van der Waals surface area contributed by atoms with Crippen molar-refractivity contribution in [1.82, 2.24) is 4.90 Å². The first-order chi connectivity index (χ1) is 21.8. The van der Waals surface area contributed by atoms with Gasteiger partial charge in [-0.25, -0.2) is 0 Å². The van der Waals surface area contributed by atoms with Crippen molar-refractivity contribution in [1.29, 1.82) is 0 Å². The van der Waals surface area contributed by atoms with E-state index in [2.05, 4.69) is 24.0 Å². The maximum absolute atomic E-state index is 12.5. The first-order valence-electron chi connectivity index (χ1n) is 16.7. The van der Waals surface area contributed by atoms with Gasteiger partial charge in [0.15, 0.2) is 0 Å². The highest BCUT2D eigenvalue weighted by atomic mass is 16.5. The van der Waals surface area contributed by atoms with Crippen LogP contribution >= 0.6 is 0 Å². The molecule has 1 aliphatic rings. The minimum atomic E-state index is -0.600. The van der Waals surface area contributed by atoms with Crippen LogP contribution in [-0.4, -0.2) is 43.1 Å². The number of ether oxygens (including phenoxy) is 3. The van der Waals surface area contributed by atoms with E-state index >= 15 is 0 Å². The third kappa shape index (κ3) is 9.80. The molecule has 0 aromatic heterocycles. The van der Waals surface area contributed by atoms with Gasteiger partial charge in [0.2, 0.25) is 0 Å². The number of esters is 2. The van der Waals surface area contributed by atoms with E-state index in [0.29, 0.717) is 18.1 Å². The van der Waals surface area contributed by atoms with Crippen LogP contribution in [-0.2, 0) is 9.59 Å². The van der Waals surface area contributed by atoms with Gasteiger partial charge in [0, 0.05) is 6.54 Å². The smallest absolute Gasteiger partial charge is 0.316 e. The molecule has 46 heavy (non-hydrogen) atoms. The van der Waals surface area contributed by atoms with E-state index in [9.17, 15) is 9.59 Å². The van der Waals surface area contributed by atoms with Gasteiger partial charge in [-0.05, 0) is 138 Å². The molecule has 6 heteroatoms. The van der Waals surface area contributed by atoms with Crippen molar-refractivity contribution >= 4 is 23.1 Å². The van der Waals surface area contributed by atoms with E-state index < -0.39 is 10.8 Å². The monoisotopic (exact) mass is 625 g/mol. The average Bonchev–Trinajstić information content (AvgIpc) is 3.29. The molecule has 1 saturated heterocycles. The minimum absolute atomic E-state index is 0.279. The zero-order valence-corrected chi connectivity index (χ0v) is 28.8. The predicted molar refractivity (Wildman–Crippen MR) is 186 cm³/mol. The third-order valence-corrected chi connectivity index (χ3v) is 8.14. The molecule has 3 aromatic carbocycles. The van der Waals surface area contributed by atoms with Crippen LogP contribution in [0.25, 0.3) is 11.1 Å². The van der Waals surface area contributed by atoms with E-state index in [1.54, 1.807) is 0 Å². The molecule has 0 spiro atoms. The molecule has 1 fully saturated rings. The van der Waals surface area contributed by atoms with Crippen molar-refractivity contribution in [3.8, 4) is 17.2 Å². The van der Waals surface area contributed by atoms with Crippen LogP contribution in [0.5, 0.6) is 17.2 Å². The maximum atomic E-state index is 12.5. The summed E-state index contributed by atoms with van der Waals surface area (Å²) in [5, 5.41) is 0. The second-order valence-corrected chi connectivity index (χ2v) is 14.2. The van der Waals surface area contributed by atoms with Crippen LogP contribution in [0.1, 0.15) is 97.3 Å². The molecule has 246 valence electrons. The minimum Gasteiger partial charge on any atom is -0.492 e. The van der Waals surface area contributed by atoms with E-state index in [1.807, 2.05) is 102 Å². The average molecular weight is 626 g/mol. The number of hydrogen-bond acceptors (Lipinski definition) is 6. The van der Waals surface area contributed by atoms with Crippen LogP contribution in [0.2, 0.25) is 0 Å². The number of allylic oxidation sites excluding steroid dienone is 1. The largest absolute Gasteiger partial charge is 0.492 e. The molecule has 1 heterocycles. The Kier molecular flexibility index (Phi) is 11.9. The number of benzene rings is 3. The van der Waals surface area contributed by atoms with Crippen LogP contribution < -0.4 is 14.2 Å². The summed E-state index contributed by atoms with van der Waals surface area (Å²) in [6.45, 7) is 17.1. The van der Waals surface area contributed by atoms with Crippen molar-refractivity contribution in [2.45, 2.75) is 80.6 Å². The second-order valence-electron chi connectivity index (χ2n) is 14.2. The number of carbonyl (C=O) groups excluding carboxylic acids is 2. The molecule has 6 nitrogen and oxygen atoms in total. The predicted octanol–water partition coefficient (Wildman–Crippen LogP) is 9.21. The van der Waals surface area contributed by atoms with Gasteiger partial charge in [-0.15, -0.1) is 0 Å². The number of carbonyl (C=O) groups is 2. The van der Waals surface area contributed by atoms with Crippen molar-refractivity contribution in [3.63, 3.8) is 0 Å².